The fourth-order valence-electron chi connectivity index (χ4n) is 7.71. The first-order valence-electron chi connectivity index (χ1n) is 27.1. The molecular weight excluding hydrogens is 783 g/mol. The summed E-state index contributed by atoms with van der Waals surface area (Å²) in [5, 5.41) is 23.2. The molecule has 1 amide bonds. The molecule has 0 radical (unpaired) electrons. The number of carbonyl (C=O) groups excluding carboxylic acids is 1. The lowest BCUT2D eigenvalue weighted by Gasteiger charge is -2.22. The second-order valence-corrected chi connectivity index (χ2v) is 17.9. The molecule has 0 aromatic carbocycles. The van der Waals surface area contributed by atoms with Crippen LogP contribution in [0.4, 0.5) is 0 Å². The van der Waals surface area contributed by atoms with E-state index in [1.165, 1.54) is 135 Å². The van der Waals surface area contributed by atoms with E-state index in [9.17, 15) is 15.0 Å². The van der Waals surface area contributed by atoms with Gasteiger partial charge in [-0.2, -0.15) is 0 Å². The van der Waals surface area contributed by atoms with Crippen molar-refractivity contribution in [3.63, 3.8) is 0 Å². The first-order chi connectivity index (χ1) is 31.7. The van der Waals surface area contributed by atoms with Crippen molar-refractivity contribution in [2.45, 2.75) is 257 Å². The Kier molecular flexibility index (Phi) is 51.9. The number of aliphatic hydroxyl groups excluding tert-OH is 2. The minimum absolute atomic E-state index is 0.0388. The highest BCUT2D eigenvalue weighted by molar-refractivity contribution is 5.76. The molecular formula is C60H103NO3. The van der Waals surface area contributed by atoms with Crippen LogP contribution in [-0.2, 0) is 4.79 Å². The summed E-state index contributed by atoms with van der Waals surface area (Å²) in [4.78, 5) is 12.4. The zero-order valence-electron chi connectivity index (χ0n) is 42.0. The normalized spacial score (nSPS) is 13.8. The molecule has 0 heterocycles. The van der Waals surface area contributed by atoms with E-state index in [0.29, 0.717) is 12.8 Å². The molecule has 0 aliphatic heterocycles. The van der Waals surface area contributed by atoms with Gasteiger partial charge in [0.05, 0.1) is 18.8 Å². The van der Waals surface area contributed by atoms with Gasteiger partial charge in [0.2, 0.25) is 5.91 Å². The maximum atomic E-state index is 12.4. The molecule has 0 bridgehead atoms. The van der Waals surface area contributed by atoms with Crippen molar-refractivity contribution in [1.29, 1.82) is 0 Å². The van der Waals surface area contributed by atoms with Crippen LogP contribution < -0.4 is 5.32 Å². The average molecular weight is 886 g/mol. The standard InChI is InChI=1S/C60H103NO3/c1-3-5-7-9-11-13-15-17-18-19-20-21-22-23-24-25-26-27-28-29-30-31-32-33-34-35-36-37-38-39-40-41-42-44-46-48-50-52-54-56-60(64)61-58(57-62)59(63)55-53-51-49-47-45-43-16-14-12-10-8-6-4-2/h5,7,11,13,17-18,20-21,23-24,26-27,29-30,32-33,35-36,58-59,62-63H,3-4,6,8-10,12,14-16,19,22,25,28,31,34,37-57H2,1-2H3,(H,61,64)/b7-5-,13-11-,18-17-,21-20-,24-23-,27-26-,30-29-,33-32-,36-35-. The first kappa shape index (κ1) is 61.0. The maximum Gasteiger partial charge on any atom is 0.220 e. The number of rotatable bonds is 48. The minimum atomic E-state index is -0.665. The third-order valence-electron chi connectivity index (χ3n) is 11.8. The molecule has 0 saturated heterocycles. The van der Waals surface area contributed by atoms with Crippen molar-refractivity contribution >= 4 is 5.91 Å². The number of amides is 1. The highest BCUT2D eigenvalue weighted by Gasteiger charge is 2.20. The molecule has 64 heavy (non-hydrogen) atoms. The van der Waals surface area contributed by atoms with E-state index in [2.05, 4.69) is 129 Å². The maximum absolute atomic E-state index is 12.4. The molecule has 0 rings (SSSR count). The van der Waals surface area contributed by atoms with Crippen LogP contribution in [0.25, 0.3) is 0 Å². The third-order valence-corrected chi connectivity index (χ3v) is 11.8. The first-order valence-corrected chi connectivity index (χ1v) is 27.1. The topological polar surface area (TPSA) is 69.6 Å². The summed E-state index contributed by atoms with van der Waals surface area (Å²) in [5.74, 6) is -0.0388. The molecule has 3 N–H and O–H groups in total. The van der Waals surface area contributed by atoms with Gasteiger partial charge in [0.1, 0.15) is 0 Å². The molecule has 0 aliphatic rings. The number of carbonyl (C=O) groups is 1. The van der Waals surface area contributed by atoms with Crippen molar-refractivity contribution in [2.75, 3.05) is 6.61 Å². The third kappa shape index (κ3) is 50.1. The minimum Gasteiger partial charge on any atom is -0.394 e. The van der Waals surface area contributed by atoms with Gasteiger partial charge in [-0.3, -0.25) is 4.79 Å². The van der Waals surface area contributed by atoms with Gasteiger partial charge in [-0.1, -0.05) is 264 Å². The van der Waals surface area contributed by atoms with Crippen LogP contribution in [0.3, 0.4) is 0 Å². The van der Waals surface area contributed by atoms with Crippen molar-refractivity contribution < 1.29 is 15.0 Å². The Hall–Kier alpha value is -2.95. The number of aliphatic hydroxyl groups is 2. The summed E-state index contributed by atoms with van der Waals surface area (Å²) in [5.41, 5.74) is 0. The van der Waals surface area contributed by atoms with Gasteiger partial charge in [-0.25, -0.2) is 0 Å². The fourth-order valence-corrected chi connectivity index (χ4v) is 7.71. The molecule has 2 atom stereocenters. The average Bonchev–Trinajstić information content (AvgIpc) is 3.30. The Labute approximate surface area is 397 Å². The zero-order chi connectivity index (χ0) is 46.3. The summed E-state index contributed by atoms with van der Waals surface area (Å²) in [6.45, 7) is 4.24. The second kappa shape index (κ2) is 54.4. The van der Waals surface area contributed by atoms with Gasteiger partial charge in [0, 0.05) is 6.42 Å². The molecule has 4 heteroatoms. The molecule has 2 unspecified atom stereocenters. The number of unbranched alkanes of at least 4 members (excludes halogenated alkanes) is 23. The zero-order valence-corrected chi connectivity index (χ0v) is 42.0. The molecule has 0 spiro atoms. The number of allylic oxidation sites excluding steroid dienone is 18. The van der Waals surface area contributed by atoms with Crippen molar-refractivity contribution in [3.05, 3.63) is 109 Å². The molecule has 0 aromatic rings. The molecule has 0 aromatic heterocycles. The Morgan fingerprint density at radius 2 is 0.688 bits per heavy atom. The summed E-state index contributed by atoms with van der Waals surface area (Å²) < 4.78 is 0. The Morgan fingerprint density at radius 3 is 1.03 bits per heavy atom. The summed E-state index contributed by atoms with van der Waals surface area (Å²) in [6, 6.07) is -0.543. The molecule has 0 aliphatic carbocycles. The summed E-state index contributed by atoms with van der Waals surface area (Å²) >= 11 is 0. The molecule has 366 valence electrons. The van der Waals surface area contributed by atoms with E-state index >= 15 is 0 Å². The lowest BCUT2D eigenvalue weighted by atomic mass is 10.0. The Balaban J connectivity index is 3.56. The Morgan fingerprint density at radius 1 is 0.391 bits per heavy atom. The lowest BCUT2D eigenvalue weighted by molar-refractivity contribution is -0.123. The van der Waals surface area contributed by atoms with E-state index in [0.717, 1.165) is 83.5 Å². The Bertz CT molecular complexity index is 1230. The molecule has 4 nitrogen and oxygen atoms in total. The quantitative estimate of drug-likeness (QED) is 0.0421. The van der Waals surface area contributed by atoms with Crippen molar-refractivity contribution in [2.24, 2.45) is 0 Å². The van der Waals surface area contributed by atoms with E-state index in [-0.39, 0.29) is 12.5 Å². The van der Waals surface area contributed by atoms with Gasteiger partial charge in [-0.05, 0) is 83.5 Å². The van der Waals surface area contributed by atoms with E-state index < -0.39 is 12.1 Å². The van der Waals surface area contributed by atoms with Gasteiger partial charge in [0.25, 0.3) is 0 Å². The largest absolute Gasteiger partial charge is 0.394 e. The van der Waals surface area contributed by atoms with Gasteiger partial charge >= 0.3 is 0 Å². The van der Waals surface area contributed by atoms with Crippen molar-refractivity contribution in [1.82, 2.24) is 5.32 Å². The van der Waals surface area contributed by atoms with Gasteiger partial charge < -0.3 is 15.5 Å². The smallest absolute Gasteiger partial charge is 0.220 e. The fraction of sp³-hybridized carbons (Fsp3) is 0.683. The molecule has 0 saturated carbocycles. The number of hydrogen-bond acceptors (Lipinski definition) is 3. The van der Waals surface area contributed by atoms with Crippen LogP contribution in [0.1, 0.15) is 245 Å². The highest BCUT2D eigenvalue weighted by Crippen LogP contribution is 2.16. The van der Waals surface area contributed by atoms with Crippen LogP contribution in [-0.4, -0.2) is 34.9 Å². The summed E-state index contributed by atoms with van der Waals surface area (Å²) in [6.07, 6.45) is 82.0. The SMILES string of the molecule is CC/C=C\C/C=C\C/C=C\C/C=C\C/C=C\C/C=C\C/C=C\C/C=C\C/C=C\CCCCCCCCCCCCCC(=O)NC(CO)C(O)CCCCCCCCCCCCCCC. The predicted molar refractivity (Wildman–Crippen MR) is 285 cm³/mol. The van der Waals surface area contributed by atoms with Crippen LogP contribution in [0, 0.1) is 0 Å². The summed E-state index contributed by atoms with van der Waals surface area (Å²) in [7, 11) is 0. The lowest BCUT2D eigenvalue weighted by Crippen LogP contribution is -2.45. The highest BCUT2D eigenvalue weighted by atomic mass is 16.3. The van der Waals surface area contributed by atoms with E-state index in [1.807, 2.05) is 0 Å². The van der Waals surface area contributed by atoms with Gasteiger partial charge in [-0.15, -0.1) is 0 Å². The monoisotopic (exact) mass is 886 g/mol. The molecule has 0 fully saturated rings. The van der Waals surface area contributed by atoms with Crippen LogP contribution in [0.15, 0.2) is 109 Å². The second-order valence-electron chi connectivity index (χ2n) is 17.9. The van der Waals surface area contributed by atoms with Crippen LogP contribution in [0.5, 0.6) is 0 Å². The van der Waals surface area contributed by atoms with Gasteiger partial charge in [0.15, 0.2) is 0 Å². The predicted octanol–water partition coefficient (Wildman–Crippen LogP) is 17.9. The van der Waals surface area contributed by atoms with Crippen molar-refractivity contribution in [3.8, 4) is 0 Å². The van der Waals surface area contributed by atoms with Crippen LogP contribution >= 0.6 is 0 Å². The number of hydrogen-bond donors (Lipinski definition) is 3. The van der Waals surface area contributed by atoms with Crippen LogP contribution in [0.2, 0.25) is 0 Å². The number of nitrogens with one attached hydrogen (secondary N) is 1. The van der Waals surface area contributed by atoms with E-state index in [4.69, 9.17) is 0 Å². The van der Waals surface area contributed by atoms with E-state index in [1.54, 1.807) is 0 Å².